The van der Waals surface area contributed by atoms with Gasteiger partial charge in [-0.05, 0) is 7.05 Å². The molecule has 9 heavy (non-hydrogen) atoms. The molecule has 1 saturated heterocycles. The molecule has 1 rings (SSSR count). The number of epoxide rings is 1. The molecule has 2 N–H and O–H groups in total. The maximum Gasteiger partial charge on any atom is 0.0835 e. The second-order valence-electron chi connectivity index (χ2n) is 2.40. The van der Waals surface area contributed by atoms with Crippen LogP contribution in [0.25, 0.3) is 0 Å². The van der Waals surface area contributed by atoms with Crippen LogP contribution in [0.1, 0.15) is 6.42 Å². The second-order valence-corrected chi connectivity index (χ2v) is 2.40. The first kappa shape index (κ1) is 6.99. The fourth-order valence-corrected chi connectivity index (χ4v) is 0.827. The quantitative estimate of drug-likeness (QED) is 0.499. The first-order valence-corrected chi connectivity index (χ1v) is 3.27. The van der Waals surface area contributed by atoms with E-state index in [1.165, 1.54) is 0 Å². The van der Waals surface area contributed by atoms with E-state index in [0.29, 0.717) is 12.6 Å². The van der Waals surface area contributed by atoms with E-state index in [-0.39, 0.29) is 6.10 Å². The molecule has 0 aliphatic carbocycles. The maximum atomic E-state index is 9.12. The highest BCUT2D eigenvalue weighted by Gasteiger charge is 2.24. The number of hydrogen-bond donors (Lipinski definition) is 2. The highest BCUT2D eigenvalue weighted by atomic mass is 16.6. The Morgan fingerprint density at radius 3 is 3.00 bits per heavy atom. The van der Waals surface area contributed by atoms with Gasteiger partial charge < -0.3 is 15.2 Å². The van der Waals surface area contributed by atoms with Crippen LogP contribution in [0.4, 0.5) is 0 Å². The molecule has 0 aromatic carbocycles. The SMILES string of the molecule is CNCC(O)CC1CO1. The highest BCUT2D eigenvalue weighted by Crippen LogP contribution is 2.14. The zero-order valence-electron chi connectivity index (χ0n) is 5.63. The third-order valence-corrected chi connectivity index (χ3v) is 1.38. The Morgan fingerprint density at radius 1 is 1.89 bits per heavy atom. The highest BCUT2D eigenvalue weighted by molar-refractivity contribution is 4.73. The molecule has 0 spiro atoms. The zero-order valence-corrected chi connectivity index (χ0v) is 5.63. The van der Waals surface area contributed by atoms with Crippen LogP contribution in [0.15, 0.2) is 0 Å². The molecule has 0 radical (unpaired) electrons. The van der Waals surface area contributed by atoms with Crippen molar-refractivity contribution in [1.82, 2.24) is 5.32 Å². The first-order valence-electron chi connectivity index (χ1n) is 3.27. The van der Waals surface area contributed by atoms with E-state index in [9.17, 15) is 0 Å². The van der Waals surface area contributed by atoms with Gasteiger partial charge in [-0.3, -0.25) is 0 Å². The number of ether oxygens (including phenoxy) is 1. The molecule has 1 aliphatic rings. The van der Waals surface area contributed by atoms with Crippen molar-refractivity contribution >= 4 is 0 Å². The fourth-order valence-electron chi connectivity index (χ4n) is 0.827. The molecule has 3 heteroatoms. The predicted molar refractivity (Wildman–Crippen MR) is 34.3 cm³/mol. The second kappa shape index (κ2) is 3.15. The number of nitrogens with one attached hydrogen (secondary N) is 1. The predicted octanol–water partition coefficient (Wildman–Crippen LogP) is -0.644. The van der Waals surface area contributed by atoms with Crippen molar-refractivity contribution in [3.8, 4) is 0 Å². The largest absolute Gasteiger partial charge is 0.392 e. The Kier molecular flexibility index (Phi) is 2.45. The van der Waals surface area contributed by atoms with Gasteiger partial charge in [-0.2, -0.15) is 0 Å². The summed E-state index contributed by atoms with van der Waals surface area (Å²) in [6.45, 7) is 1.50. The summed E-state index contributed by atoms with van der Waals surface area (Å²) in [5.74, 6) is 0. The lowest BCUT2D eigenvalue weighted by molar-refractivity contribution is 0.152. The smallest absolute Gasteiger partial charge is 0.0835 e. The lowest BCUT2D eigenvalue weighted by atomic mass is 10.2. The molecular formula is C6H13NO2. The monoisotopic (exact) mass is 131 g/mol. The van der Waals surface area contributed by atoms with Gasteiger partial charge in [-0.1, -0.05) is 0 Å². The molecule has 0 saturated carbocycles. The minimum absolute atomic E-state index is 0.234. The molecule has 1 fully saturated rings. The van der Waals surface area contributed by atoms with Crippen LogP contribution in [0.5, 0.6) is 0 Å². The summed E-state index contributed by atoms with van der Waals surface area (Å²) in [6, 6.07) is 0. The molecule has 0 aromatic rings. The van der Waals surface area contributed by atoms with Crippen molar-refractivity contribution in [2.45, 2.75) is 18.6 Å². The first-order chi connectivity index (χ1) is 4.33. The van der Waals surface area contributed by atoms with Crippen molar-refractivity contribution < 1.29 is 9.84 Å². The minimum Gasteiger partial charge on any atom is -0.392 e. The van der Waals surface area contributed by atoms with Gasteiger partial charge in [0, 0.05) is 13.0 Å². The Balaban J connectivity index is 1.95. The average molecular weight is 131 g/mol. The molecule has 0 amide bonds. The Hall–Kier alpha value is -0.120. The van der Waals surface area contributed by atoms with E-state index in [0.717, 1.165) is 13.0 Å². The van der Waals surface area contributed by atoms with Crippen LogP contribution in [0.2, 0.25) is 0 Å². The summed E-state index contributed by atoms with van der Waals surface area (Å²) < 4.78 is 4.94. The van der Waals surface area contributed by atoms with Crippen molar-refractivity contribution in [3.63, 3.8) is 0 Å². The number of rotatable bonds is 4. The zero-order chi connectivity index (χ0) is 6.69. The molecule has 0 aromatic heterocycles. The van der Waals surface area contributed by atoms with Crippen LogP contribution < -0.4 is 5.32 Å². The Bertz CT molecular complexity index is 83.1. The lowest BCUT2D eigenvalue weighted by Gasteiger charge is -2.05. The standard InChI is InChI=1S/C6H13NO2/c1-7-3-5(8)2-6-4-9-6/h5-8H,2-4H2,1H3. The van der Waals surface area contributed by atoms with Crippen LogP contribution >= 0.6 is 0 Å². The molecule has 3 nitrogen and oxygen atoms in total. The Morgan fingerprint density at radius 2 is 2.56 bits per heavy atom. The molecule has 0 bridgehead atoms. The van der Waals surface area contributed by atoms with Crippen LogP contribution in [-0.2, 0) is 4.74 Å². The molecule has 2 unspecified atom stereocenters. The summed E-state index contributed by atoms with van der Waals surface area (Å²) in [7, 11) is 1.83. The molecule has 2 atom stereocenters. The van der Waals surface area contributed by atoms with E-state index in [2.05, 4.69) is 5.32 Å². The van der Waals surface area contributed by atoms with Gasteiger partial charge in [0.05, 0.1) is 18.8 Å². The number of aliphatic hydroxyl groups is 1. The van der Waals surface area contributed by atoms with E-state index in [1.807, 2.05) is 7.05 Å². The average Bonchev–Trinajstić information content (AvgIpc) is 2.50. The van der Waals surface area contributed by atoms with Crippen molar-refractivity contribution in [1.29, 1.82) is 0 Å². The normalized spacial score (nSPS) is 28.0. The third kappa shape index (κ3) is 2.79. The number of hydrogen-bond acceptors (Lipinski definition) is 3. The molecule has 1 heterocycles. The maximum absolute atomic E-state index is 9.12. The van der Waals surface area contributed by atoms with Gasteiger partial charge in [-0.15, -0.1) is 0 Å². The van der Waals surface area contributed by atoms with Gasteiger partial charge in [0.25, 0.3) is 0 Å². The van der Waals surface area contributed by atoms with E-state index >= 15 is 0 Å². The van der Waals surface area contributed by atoms with Gasteiger partial charge in [0.1, 0.15) is 0 Å². The summed E-state index contributed by atoms with van der Waals surface area (Å²) in [6.07, 6.45) is 0.886. The molecule has 1 aliphatic heterocycles. The lowest BCUT2D eigenvalue weighted by Crippen LogP contribution is -2.24. The van der Waals surface area contributed by atoms with Gasteiger partial charge in [-0.25, -0.2) is 0 Å². The van der Waals surface area contributed by atoms with Crippen molar-refractivity contribution in [3.05, 3.63) is 0 Å². The summed E-state index contributed by atoms with van der Waals surface area (Å²) in [5, 5.41) is 12.0. The molecule has 54 valence electrons. The van der Waals surface area contributed by atoms with E-state index in [4.69, 9.17) is 9.84 Å². The number of likely N-dealkylation sites (N-methyl/N-ethyl adjacent to an activating group) is 1. The summed E-state index contributed by atoms with van der Waals surface area (Å²) in [5.41, 5.74) is 0. The van der Waals surface area contributed by atoms with Gasteiger partial charge in [0.15, 0.2) is 0 Å². The third-order valence-electron chi connectivity index (χ3n) is 1.38. The fraction of sp³-hybridized carbons (Fsp3) is 1.00. The van der Waals surface area contributed by atoms with Gasteiger partial charge >= 0.3 is 0 Å². The van der Waals surface area contributed by atoms with Crippen molar-refractivity contribution in [2.24, 2.45) is 0 Å². The minimum atomic E-state index is -0.234. The summed E-state index contributed by atoms with van der Waals surface area (Å²) in [4.78, 5) is 0. The van der Waals surface area contributed by atoms with Gasteiger partial charge in [0.2, 0.25) is 0 Å². The number of aliphatic hydroxyl groups excluding tert-OH is 1. The van der Waals surface area contributed by atoms with Crippen molar-refractivity contribution in [2.75, 3.05) is 20.2 Å². The summed E-state index contributed by atoms with van der Waals surface area (Å²) >= 11 is 0. The van der Waals surface area contributed by atoms with E-state index < -0.39 is 0 Å². The topological polar surface area (TPSA) is 44.8 Å². The van der Waals surface area contributed by atoms with E-state index in [1.54, 1.807) is 0 Å². The van der Waals surface area contributed by atoms with Crippen LogP contribution in [0.3, 0.4) is 0 Å². The molecular weight excluding hydrogens is 118 g/mol. The Labute approximate surface area is 55.0 Å². The van der Waals surface area contributed by atoms with Crippen LogP contribution in [0, 0.1) is 0 Å². The van der Waals surface area contributed by atoms with Crippen LogP contribution in [-0.4, -0.2) is 37.5 Å².